The normalized spacial score (nSPS) is 12.1. The van der Waals surface area contributed by atoms with Crippen LogP contribution < -0.4 is 15.2 Å². The lowest BCUT2D eigenvalue weighted by molar-refractivity contribution is 0.395. The van der Waals surface area contributed by atoms with Crippen molar-refractivity contribution < 1.29 is 9.47 Å². The van der Waals surface area contributed by atoms with Gasteiger partial charge in [0.15, 0.2) is 0 Å². The van der Waals surface area contributed by atoms with Crippen molar-refractivity contribution in [3.8, 4) is 11.5 Å². The number of halogens is 3. The maximum Gasteiger partial charge on any atom is 0.133 e. The van der Waals surface area contributed by atoms with E-state index in [1.807, 2.05) is 24.3 Å². The lowest BCUT2D eigenvalue weighted by Crippen LogP contribution is -2.14. The predicted octanol–water partition coefficient (Wildman–Crippen LogP) is 4.88. The molecule has 0 aliphatic heterocycles. The van der Waals surface area contributed by atoms with Crippen molar-refractivity contribution in [2.45, 2.75) is 6.04 Å². The Hall–Kier alpha value is -0.310. The van der Waals surface area contributed by atoms with E-state index in [1.54, 1.807) is 14.2 Å². The van der Waals surface area contributed by atoms with Gasteiger partial charge in [0.25, 0.3) is 0 Å². The summed E-state index contributed by atoms with van der Waals surface area (Å²) in [6, 6.07) is 9.55. The van der Waals surface area contributed by atoms with Crippen LogP contribution in [0.25, 0.3) is 0 Å². The third-order valence-corrected chi connectivity index (χ3v) is 5.15. The molecule has 0 aliphatic rings. The van der Waals surface area contributed by atoms with Crippen LogP contribution in [0.1, 0.15) is 17.2 Å². The fourth-order valence-electron chi connectivity index (χ4n) is 2.05. The number of nitrogens with two attached hydrogens (primary N) is 1. The first kappa shape index (κ1) is 17.1. The summed E-state index contributed by atoms with van der Waals surface area (Å²) in [5, 5.41) is 0. The molecule has 0 bridgehead atoms. The number of hydrogen-bond acceptors (Lipinski definition) is 3. The molecule has 0 fully saturated rings. The standard InChI is InChI=1S/C15H14Br2INO2/c1-20-13-7-12(17)14(21-2)6-10(13)15(19)9-5-8(18)3-4-11(9)16/h3-7,15H,19H2,1-2H3. The minimum atomic E-state index is -0.314. The van der Waals surface area contributed by atoms with Gasteiger partial charge >= 0.3 is 0 Å². The Morgan fingerprint density at radius 1 is 0.952 bits per heavy atom. The van der Waals surface area contributed by atoms with Crippen LogP contribution in [0.4, 0.5) is 0 Å². The third kappa shape index (κ3) is 3.72. The minimum Gasteiger partial charge on any atom is -0.496 e. The van der Waals surface area contributed by atoms with E-state index in [4.69, 9.17) is 15.2 Å². The molecule has 0 saturated carbocycles. The van der Waals surface area contributed by atoms with E-state index in [0.717, 1.165) is 35.1 Å². The van der Waals surface area contributed by atoms with Crippen molar-refractivity contribution in [3.63, 3.8) is 0 Å². The summed E-state index contributed by atoms with van der Waals surface area (Å²) >= 11 is 9.29. The van der Waals surface area contributed by atoms with E-state index in [-0.39, 0.29) is 6.04 Å². The van der Waals surface area contributed by atoms with E-state index in [1.165, 1.54) is 0 Å². The highest BCUT2D eigenvalue weighted by molar-refractivity contribution is 14.1. The molecule has 1 atom stereocenters. The highest BCUT2D eigenvalue weighted by Gasteiger charge is 2.19. The molecule has 2 rings (SSSR count). The van der Waals surface area contributed by atoms with Gasteiger partial charge in [-0.2, -0.15) is 0 Å². The summed E-state index contributed by atoms with van der Waals surface area (Å²) in [5.74, 6) is 1.45. The zero-order valence-electron chi connectivity index (χ0n) is 11.5. The highest BCUT2D eigenvalue weighted by Crippen LogP contribution is 2.38. The van der Waals surface area contributed by atoms with Crippen molar-refractivity contribution in [1.29, 1.82) is 0 Å². The van der Waals surface area contributed by atoms with Crippen LogP contribution in [-0.2, 0) is 0 Å². The van der Waals surface area contributed by atoms with Gasteiger partial charge in [-0.1, -0.05) is 15.9 Å². The monoisotopic (exact) mass is 525 g/mol. The predicted molar refractivity (Wildman–Crippen MR) is 100 cm³/mol. The van der Waals surface area contributed by atoms with Gasteiger partial charge in [-0.15, -0.1) is 0 Å². The fraction of sp³-hybridized carbons (Fsp3) is 0.200. The van der Waals surface area contributed by atoms with Gasteiger partial charge in [-0.05, 0) is 74.4 Å². The van der Waals surface area contributed by atoms with Crippen LogP contribution in [0.15, 0.2) is 39.3 Å². The molecule has 0 aromatic heterocycles. The summed E-state index contributed by atoms with van der Waals surface area (Å²) in [6.07, 6.45) is 0. The van der Waals surface area contributed by atoms with Gasteiger partial charge in [0.1, 0.15) is 11.5 Å². The Bertz CT molecular complexity index is 664. The molecular weight excluding hydrogens is 513 g/mol. The molecule has 0 radical (unpaired) electrons. The minimum absolute atomic E-state index is 0.314. The number of rotatable bonds is 4. The Balaban J connectivity index is 2.56. The Morgan fingerprint density at radius 3 is 2.24 bits per heavy atom. The van der Waals surface area contributed by atoms with Gasteiger partial charge in [-0.25, -0.2) is 0 Å². The summed E-state index contributed by atoms with van der Waals surface area (Å²) in [4.78, 5) is 0. The van der Waals surface area contributed by atoms with Gasteiger partial charge in [0.05, 0.1) is 24.7 Å². The molecule has 1 unspecified atom stereocenters. The lowest BCUT2D eigenvalue weighted by Gasteiger charge is -2.19. The van der Waals surface area contributed by atoms with Crippen molar-refractivity contribution in [3.05, 3.63) is 54.0 Å². The molecule has 2 aromatic rings. The van der Waals surface area contributed by atoms with Crippen LogP contribution in [0.5, 0.6) is 11.5 Å². The molecule has 0 aliphatic carbocycles. The van der Waals surface area contributed by atoms with Crippen LogP contribution >= 0.6 is 54.5 Å². The maximum atomic E-state index is 6.45. The molecule has 2 N–H and O–H groups in total. The molecular formula is C15H14Br2INO2. The van der Waals surface area contributed by atoms with Gasteiger partial charge < -0.3 is 15.2 Å². The Morgan fingerprint density at radius 2 is 1.62 bits per heavy atom. The third-order valence-electron chi connectivity index (χ3n) is 3.13. The molecule has 0 saturated heterocycles. The zero-order valence-corrected chi connectivity index (χ0v) is 16.8. The first-order valence-corrected chi connectivity index (χ1v) is 8.76. The highest BCUT2D eigenvalue weighted by atomic mass is 127. The second-order valence-corrected chi connectivity index (χ2v) is 7.33. The van der Waals surface area contributed by atoms with E-state index in [0.29, 0.717) is 0 Å². The van der Waals surface area contributed by atoms with Crippen LogP contribution in [0, 0.1) is 3.57 Å². The number of methoxy groups -OCH3 is 2. The van der Waals surface area contributed by atoms with E-state index in [2.05, 4.69) is 60.5 Å². The van der Waals surface area contributed by atoms with Crippen LogP contribution in [-0.4, -0.2) is 14.2 Å². The SMILES string of the molecule is COc1cc(C(N)c2cc(I)ccc2Br)c(OC)cc1Br. The average molecular weight is 527 g/mol. The fourth-order valence-corrected chi connectivity index (χ4v) is 3.54. The van der Waals surface area contributed by atoms with Crippen molar-refractivity contribution in [2.75, 3.05) is 14.2 Å². The smallest absolute Gasteiger partial charge is 0.133 e. The van der Waals surface area contributed by atoms with Crippen molar-refractivity contribution in [1.82, 2.24) is 0 Å². The summed E-state index contributed by atoms with van der Waals surface area (Å²) in [6.45, 7) is 0. The number of benzene rings is 2. The molecule has 6 heteroatoms. The Labute approximate surface area is 154 Å². The Kier molecular flexibility index (Phi) is 5.93. The van der Waals surface area contributed by atoms with Gasteiger partial charge in [0.2, 0.25) is 0 Å². The maximum absolute atomic E-state index is 6.45. The summed E-state index contributed by atoms with van der Waals surface area (Å²) < 4.78 is 13.7. The topological polar surface area (TPSA) is 44.5 Å². The second kappa shape index (κ2) is 7.30. The van der Waals surface area contributed by atoms with E-state index < -0.39 is 0 Å². The summed E-state index contributed by atoms with van der Waals surface area (Å²) in [7, 11) is 3.26. The van der Waals surface area contributed by atoms with Crippen molar-refractivity contribution >= 4 is 54.5 Å². The first-order valence-electron chi connectivity index (χ1n) is 6.10. The molecule has 0 amide bonds. The molecule has 21 heavy (non-hydrogen) atoms. The van der Waals surface area contributed by atoms with E-state index >= 15 is 0 Å². The number of ether oxygens (including phenoxy) is 2. The van der Waals surface area contributed by atoms with E-state index in [9.17, 15) is 0 Å². The zero-order chi connectivity index (χ0) is 15.6. The van der Waals surface area contributed by atoms with Crippen LogP contribution in [0.2, 0.25) is 0 Å². The molecule has 112 valence electrons. The van der Waals surface area contributed by atoms with Gasteiger partial charge in [-0.3, -0.25) is 0 Å². The molecule has 3 nitrogen and oxygen atoms in total. The summed E-state index contributed by atoms with van der Waals surface area (Å²) in [5.41, 5.74) is 8.33. The largest absolute Gasteiger partial charge is 0.496 e. The van der Waals surface area contributed by atoms with Gasteiger partial charge in [0, 0.05) is 13.6 Å². The molecule has 0 spiro atoms. The van der Waals surface area contributed by atoms with Crippen LogP contribution in [0.3, 0.4) is 0 Å². The molecule has 2 aromatic carbocycles. The molecule has 0 heterocycles. The second-order valence-electron chi connectivity index (χ2n) is 4.37. The number of hydrogen-bond donors (Lipinski definition) is 1. The first-order chi connectivity index (χ1) is 9.97. The lowest BCUT2D eigenvalue weighted by atomic mass is 9.98. The van der Waals surface area contributed by atoms with Crippen molar-refractivity contribution in [2.24, 2.45) is 5.73 Å². The average Bonchev–Trinajstić information content (AvgIpc) is 2.48. The quantitative estimate of drug-likeness (QED) is 0.578.